The summed E-state index contributed by atoms with van der Waals surface area (Å²) in [6.45, 7) is 8.07. The fraction of sp³-hybridized carbons (Fsp3) is 0.519. The molecule has 0 unspecified atom stereocenters. The van der Waals surface area contributed by atoms with Crippen molar-refractivity contribution in [3.05, 3.63) is 59.7 Å². The van der Waals surface area contributed by atoms with E-state index in [1.807, 2.05) is 23.1 Å². The van der Waals surface area contributed by atoms with Gasteiger partial charge in [0, 0.05) is 26.6 Å². The molecule has 3 rings (SSSR count). The second-order valence-electron chi connectivity index (χ2n) is 9.30. The van der Waals surface area contributed by atoms with E-state index in [9.17, 15) is 4.79 Å². The highest BCUT2D eigenvalue weighted by Gasteiger charge is 2.34. The minimum absolute atomic E-state index is 0.0823. The van der Waals surface area contributed by atoms with E-state index in [1.54, 1.807) is 21.1 Å². The average Bonchev–Trinajstić information content (AvgIpc) is 2.78. The third-order valence-electron chi connectivity index (χ3n) is 6.51. The predicted molar refractivity (Wildman–Crippen MR) is 127 cm³/mol. The molecule has 0 spiro atoms. The number of hydrogen-bond donors (Lipinski definition) is 0. The Morgan fingerprint density at radius 2 is 1.84 bits per heavy atom. The zero-order valence-corrected chi connectivity index (χ0v) is 20.1. The van der Waals surface area contributed by atoms with Gasteiger partial charge in [0.2, 0.25) is 5.91 Å². The summed E-state index contributed by atoms with van der Waals surface area (Å²) >= 11 is 0. The van der Waals surface area contributed by atoms with E-state index in [1.165, 1.54) is 5.56 Å². The second kappa shape index (κ2) is 10.9. The molecule has 0 saturated carbocycles. The van der Waals surface area contributed by atoms with Gasteiger partial charge < -0.3 is 19.1 Å². The molecule has 1 aliphatic rings. The Balaban J connectivity index is 1.76. The monoisotopic (exact) mass is 439 g/mol. The van der Waals surface area contributed by atoms with Crippen molar-refractivity contribution in [2.75, 3.05) is 27.4 Å². The molecular formula is C27H37NO4. The molecule has 1 saturated heterocycles. The minimum atomic E-state index is -0.101. The van der Waals surface area contributed by atoms with Gasteiger partial charge in [0.15, 0.2) is 11.5 Å². The van der Waals surface area contributed by atoms with Crippen molar-refractivity contribution in [3.8, 4) is 11.5 Å². The van der Waals surface area contributed by atoms with Gasteiger partial charge in [0.05, 0.1) is 19.8 Å². The molecule has 2 atom stereocenters. The van der Waals surface area contributed by atoms with Crippen LogP contribution in [-0.4, -0.2) is 43.8 Å². The standard InChI is InChI=1S/C27H37NO4/c1-20(29)28(19-21-11-12-25(30-4)26(17-21)31-5)15-13-24(22-9-7-6-8-10-22)23-14-16-32-27(2,3)18-23/h6-12,17,23-24H,13-16,18-19H2,1-5H3/t23-,24+/m0/s1. The van der Waals surface area contributed by atoms with Gasteiger partial charge >= 0.3 is 0 Å². The summed E-state index contributed by atoms with van der Waals surface area (Å²) in [4.78, 5) is 14.4. The fourth-order valence-corrected chi connectivity index (χ4v) is 4.84. The predicted octanol–water partition coefficient (Wildman–Crippen LogP) is 5.43. The number of carbonyl (C=O) groups excluding carboxylic acids is 1. The first-order valence-electron chi connectivity index (χ1n) is 11.5. The molecule has 1 aliphatic heterocycles. The first-order chi connectivity index (χ1) is 15.3. The normalized spacial score (nSPS) is 18.6. The minimum Gasteiger partial charge on any atom is -0.493 e. The van der Waals surface area contributed by atoms with Crippen LogP contribution >= 0.6 is 0 Å². The zero-order valence-electron chi connectivity index (χ0n) is 20.1. The summed E-state index contributed by atoms with van der Waals surface area (Å²) in [5, 5.41) is 0. The molecule has 0 bridgehead atoms. The van der Waals surface area contributed by atoms with Crippen molar-refractivity contribution in [2.24, 2.45) is 5.92 Å². The van der Waals surface area contributed by atoms with E-state index < -0.39 is 0 Å². The van der Waals surface area contributed by atoms with Crippen LogP contribution in [0.1, 0.15) is 57.1 Å². The Kier molecular flexibility index (Phi) is 8.19. The van der Waals surface area contributed by atoms with Crippen LogP contribution in [0.4, 0.5) is 0 Å². The number of ether oxygens (including phenoxy) is 3. The van der Waals surface area contributed by atoms with Crippen molar-refractivity contribution in [1.29, 1.82) is 0 Å². The van der Waals surface area contributed by atoms with Gasteiger partial charge in [-0.25, -0.2) is 0 Å². The van der Waals surface area contributed by atoms with E-state index in [4.69, 9.17) is 14.2 Å². The van der Waals surface area contributed by atoms with Crippen LogP contribution in [0.15, 0.2) is 48.5 Å². The number of methoxy groups -OCH3 is 2. The van der Waals surface area contributed by atoms with Crippen LogP contribution in [0.25, 0.3) is 0 Å². The zero-order chi connectivity index (χ0) is 23.1. The fourth-order valence-electron chi connectivity index (χ4n) is 4.84. The van der Waals surface area contributed by atoms with E-state index in [2.05, 4.69) is 44.2 Å². The van der Waals surface area contributed by atoms with Crippen molar-refractivity contribution in [1.82, 2.24) is 4.90 Å². The van der Waals surface area contributed by atoms with Crippen molar-refractivity contribution in [3.63, 3.8) is 0 Å². The SMILES string of the molecule is COc1ccc(CN(CC[C@H](c2ccccc2)[C@H]2CCOC(C)(C)C2)C(C)=O)cc1OC. The van der Waals surface area contributed by atoms with Gasteiger partial charge in [-0.15, -0.1) is 0 Å². The maximum Gasteiger partial charge on any atom is 0.219 e. The van der Waals surface area contributed by atoms with Gasteiger partial charge in [-0.2, -0.15) is 0 Å². The number of amides is 1. The Morgan fingerprint density at radius 1 is 1.12 bits per heavy atom. The Labute approximate surface area is 192 Å². The Hall–Kier alpha value is -2.53. The van der Waals surface area contributed by atoms with Crippen molar-refractivity contribution in [2.45, 2.75) is 58.1 Å². The van der Waals surface area contributed by atoms with Crippen molar-refractivity contribution >= 4 is 5.91 Å². The number of nitrogens with zero attached hydrogens (tertiary/aromatic N) is 1. The largest absolute Gasteiger partial charge is 0.493 e. The molecular weight excluding hydrogens is 402 g/mol. The summed E-state index contributed by atoms with van der Waals surface area (Å²) < 4.78 is 16.8. The van der Waals surface area contributed by atoms with Crippen LogP contribution in [0, 0.1) is 5.92 Å². The highest BCUT2D eigenvalue weighted by molar-refractivity contribution is 5.73. The number of rotatable bonds is 9. The number of benzene rings is 2. The lowest BCUT2D eigenvalue weighted by Gasteiger charge is -2.40. The lowest BCUT2D eigenvalue weighted by atomic mass is 9.75. The first-order valence-corrected chi connectivity index (χ1v) is 11.5. The van der Waals surface area contributed by atoms with Gasteiger partial charge in [0.25, 0.3) is 0 Å². The molecule has 0 aromatic heterocycles. The van der Waals surface area contributed by atoms with Crippen LogP contribution in [0.5, 0.6) is 11.5 Å². The summed E-state index contributed by atoms with van der Waals surface area (Å²) in [5.74, 6) is 2.39. The van der Waals surface area contributed by atoms with Crippen LogP contribution in [-0.2, 0) is 16.1 Å². The van der Waals surface area contributed by atoms with E-state index >= 15 is 0 Å². The topological polar surface area (TPSA) is 48.0 Å². The molecule has 32 heavy (non-hydrogen) atoms. The summed E-state index contributed by atoms with van der Waals surface area (Å²) in [6, 6.07) is 16.6. The lowest BCUT2D eigenvalue weighted by molar-refractivity contribution is -0.129. The molecule has 5 nitrogen and oxygen atoms in total. The molecule has 1 heterocycles. The van der Waals surface area contributed by atoms with Crippen LogP contribution in [0.3, 0.4) is 0 Å². The van der Waals surface area contributed by atoms with E-state index in [-0.39, 0.29) is 11.5 Å². The highest BCUT2D eigenvalue weighted by atomic mass is 16.5. The summed E-state index contributed by atoms with van der Waals surface area (Å²) in [7, 11) is 3.25. The molecule has 174 valence electrons. The lowest BCUT2D eigenvalue weighted by Crippen LogP contribution is -2.37. The third-order valence-corrected chi connectivity index (χ3v) is 6.51. The van der Waals surface area contributed by atoms with E-state index in [0.29, 0.717) is 36.4 Å². The molecule has 0 N–H and O–H groups in total. The molecule has 0 radical (unpaired) electrons. The molecule has 5 heteroatoms. The molecule has 0 aliphatic carbocycles. The van der Waals surface area contributed by atoms with Gasteiger partial charge in [0.1, 0.15) is 0 Å². The number of carbonyl (C=O) groups is 1. The molecule has 2 aromatic carbocycles. The van der Waals surface area contributed by atoms with Crippen LogP contribution in [0.2, 0.25) is 0 Å². The average molecular weight is 440 g/mol. The maximum absolute atomic E-state index is 12.5. The highest BCUT2D eigenvalue weighted by Crippen LogP contribution is 2.40. The second-order valence-corrected chi connectivity index (χ2v) is 9.30. The van der Waals surface area contributed by atoms with Gasteiger partial charge in [-0.05, 0) is 68.2 Å². The van der Waals surface area contributed by atoms with E-state index in [0.717, 1.165) is 31.4 Å². The van der Waals surface area contributed by atoms with Gasteiger partial charge in [-0.1, -0.05) is 36.4 Å². The first kappa shape index (κ1) is 24.1. The van der Waals surface area contributed by atoms with Crippen LogP contribution < -0.4 is 9.47 Å². The Morgan fingerprint density at radius 3 is 2.47 bits per heavy atom. The molecule has 1 amide bonds. The molecule has 1 fully saturated rings. The quantitative estimate of drug-likeness (QED) is 0.523. The third kappa shape index (κ3) is 6.26. The van der Waals surface area contributed by atoms with Gasteiger partial charge in [-0.3, -0.25) is 4.79 Å². The van der Waals surface area contributed by atoms with Crippen molar-refractivity contribution < 1.29 is 19.0 Å². The summed E-state index contributed by atoms with van der Waals surface area (Å²) in [6.07, 6.45) is 3.01. The summed E-state index contributed by atoms with van der Waals surface area (Å²) in [5.41, 5.74) is 2.28. The maximum atomic E-state index is 12.5. The smallest absolute Gasteiger partial charge is 0.219 e. The number of hydrogen-bond acceptors (Lipinski definition) is 4. The molecule has 2 aromatic rings. The Bertz CT molecular complexity index is 880.